The molecule has 1 aromatic carbocycles. The number of nitrogens with zero attached hydrogens (tertiary/aromatic N) is 3. The van der Waals surface area contributed by atoms with E-state index in [0.717, 1.165) is 48.2 Å². The van der Waals surface area contributed by atoms with E-state index in [1.807, 2.05) is 11.6 Å². The molecule has 0 spiro atoms. The predicted octanol–water partition coefficient (Wildman–Crippen LogP) is 4.51. The molecule has 2 aromatic rings. The van der Waals surface area contributed by atoms with Gasteiger partial charge in [0.25, 0.3) is 0 Å². The van der Waals surface area contributed by atoms with Crippen molar-refractivity contribution in [3.05, 3.63) is 46.3 Å². The van der Waals surface area contributed by atoms with E-state index in [1.54, 1.807) is 14.2 Å². The zero-order valence-electron chi connectivity index (χ0n) is 20.5. The highest BCUT2D eigenvalue weighted by atomic mass is 127. The summed E-state index contributed by atoms with van der Waals surface area (Å²) in [4.78, 5) is 4.37. The van der Waals surface area contributed by atoms with Crippen LogP contribution >= 0.6 is 24.0 Å². The number of hydrogen-bond acceptors (Lipinski definition) is 4. The number of unbranched alkanes of at least 4 members (excludes halogenated alkanes) is 2. The van der Waals surface area contributed by atoms with Crippen LogP contribution in [0.25, 0.3) is 0 Å². The van der Waals surface area contributed by atoms with Crippen molar-refractivity contribution >= 4 is 29.9 Å². The standard InChI is InChI=1S/C24H39N5O2.HI/c1-7-8-9-13-31-23-15-18(2)10-11-21(23)16-26-24(25-5)27-17-22-19(3)28-29(20(22)4)12-14-30-6;/h10-11,15H,7-9,12-14,16-17H2,1-6H3,(H2,25,26,27);1H. The third-order valence-electron chi connectivity index (χ3n) is 5.37. The third kappa shape index (κ3) is 8.61. The lowest BCUT2D eigenvalue weighted by atomic mass is 10.1. The minimum absolute atomic E-state index is 0. The number of methoxy groups -OCH3 is 1. The molecule has 0 fully saturated rings. The minimum atomic E-state index is 0. The van der Waals surface area contributed by atoms with Gasteiger partial charge in [0.05, 0.1) is 25.5 Å². The number of guanidine groups is 1. The first-order valence-electron chi connectivity index (χ1n) is 11.2. The number of benzene rings is 1. The highest BCUT2D eigenvalue weighted by Gasteiger charge is 2.12. The highest BCUT2D eigenvalue weighted by molar-refractivity contribution is 14.0. The molecule has 2 N–H and O–H groups in total. The van der Waals surface area contributed by atoms with Gasteiger partial charge in [0.1, 0.15) is 5.75 Å². The molecular formula is C24H40IN5O2. The molecule has 0 saturated heterocycles. The van der Waals surface area contributed by atoms with Crippen LogP contribution in [0, 0.1) is 20.8 Å². The van der Waals surface area contributed by atoms with Gasteiger partial charge in [-0.3, -0.25) is 9.67 Å². The van der Waals surface area contributed by atoms with Gasteiger partial charge in [0.15, 0.2) is 5.96 Å². The Bertz CT molecular complexity index is 851. The van der Waals surface area contributed by atoms with Crippen molar-refractivity contribution in [2.24, 2.45) is 4.99 Å². The van der Waals surface area contributed by atoms with Crippen LogP contribution in [0.5, 0.6) is 5.75 Å². The summed E-state index contributed by atoms with van der Waals surface area (Å²) in [5, 5.41) is 11.4. The van der Waals surface area contributed by atoms with Crippen molar-refractivity contribution in [1.82, 2.24) is 20.4 Å². The predicted molar refractivity (Wildman–Crippen MR) is 142 cm³/mol. The maximum Gasteiger partial charge on any atom is 0.191 e. The van der Waals surface area contributed by atoms with E-state index in [1.165, 1.54) is 24.0 Å². The van der Waals surface area contributed by atoms with E-state index in [2.05, 4.69) is 59.7 Å². The summed E-state index contributed by atoms with van der Waals surface area (Å²) in [7, 11) is 3.49. The topological polar surface area (TPSA) is 72.7 Å². The van der Waals surface area contributed by atoms with Gasteiger partial charge in [-0.1, -0.05) is 31.9 Å². The van der Waals surface area contributed by atoms with E-state index >= 15 is 0 Å². The van der Waals surface area contributed by atoms with E-state index in [9.17, 15) is 0 Å². The normalized spacial score (nSPS) is 11.2. The number of rotatable bonds is 12. The number of aliphatic imine (C=N–C) groups is 1. The lowest BCUT2D eigenvalue weighted by Gasteiger charge is -2.16. The molecule has 1 aromatic heterocycles. The largest absolute Gasteiger partial charge is 0.493 e. The molecule has 32 heavy (non-hydrogen) atoms. The quantitative estimate of drug-likeness (QED) is 0.174. The molecule has 0 aliphatic carbocycles. The number of nitrogens with one attached hydrogen (secondary N) is 2. The van der Waals surface area contributed by atoms with E-state index < -0.39 is 0 Å². The Kier molecular flexibility index (Phi) is 13.3. The molecule has 180 valence electrons. The number of aryl methyl sites for hydroxylation is 2. The second kappa shape index (κ2) is 15.1. The average molecular weight is 558 g/mol. The first-order chi connectivity index (χ1) is 15.0. The van der Waals surface area contributed by atoms with Gasteiger partial charge in [-0.25, -0.2) is 0 Å². The average Bonchev–Trinajstić information content (AvgIpc) is 3.03. The first kappa shape index (κ1) is 28.2. The third-order valence-corrected chi connectivity index (χ3v) is 5.37. The molecule has 0 atom stereocenters. The van der Waals surface area contributed by atoms with Crippen molar-refractivity contribution in [1.29, 1.82) is 0 Å². The molecule has 0 saturated carbocycles. The van der Waals surface area contributed by atoms with Crippen LogP contribution < -0.4 is 15.4 Å². The Labute approximate surface area is 210 Å². The summed E-state index contributed by atoms with van der Waals surface area (Å²) >= 11 is 0. The van der Waals surface area contributed by atoms with Gasteiger partial charge in [-0.2, -0.15) is 5.10 Å². The Morgan fingerprint density at radius 2 is 1.84 bits per heavy atom. The zero-order valence-corrected chi connectivity index (χ0v) is 22.8. The summed E-state index contributed by atoms with van der Waals surface area (Å²) in [5.41, 5.74) is 5.70. The number of hydrogen-bond donors (Lipinski definition) is 2. The second-order valence-corrected chi connectivity index (χ2v) is 7.81. The van der Waals surface area contributed by atoms with E-state index in [0.29, 0.717) is 19.7 Å². The first-order valence-corrected chi connectivity index (χ1v) is 11.2. The smallest absolute Gasteiger partial charge is 0.191 e. The number of aromatic nitrogens is 2. The zero-order chi connectivity index (χ0) is 22.6. The maximum atomic E-state index is 6.06. The van der Waals surface area contributed by atoms with Gasteiger partial charge in [0, 0.05) is 44.1 Å². The van der Waals surface area contributed by atoms with E-state index in [4.69, 9.17) is 9.47 Å². The lowest BCUT2D eigenvalue weighted by molar-refractivity contribution is 0.182. The van der Waals surface area contributed by atoms with E-state index in [-0.39, 0.29) is 24.0 Å². The van der Waals surface area contributed by atoms with Crippen LogP contribution in [-0.4, -0.2) is 43.1 Å². The summed E-state index contributed by atoms with van der Waals surface area (Å²) in [6.45, 7) is 11.9. The molecule has 1 heterocycles. The Morgan fingerprint density at radius 1 is 1.09 bits per heavy atom. The molecule has 0 amide bonds. The van der Waals surface area contributed by atoms with Gasteiger partial charge in [-0.15, -0.1) is 24.0 Å². The summed E-state index contributed by atoms with van der Waals surface area (Å²) < 4.78 is 13.2. The molecule has 7 nitrogen and oxygen atoms in total. The highest BCUT2D eigenvalue weighted by Crippen LogP contribution is 2.21. The van der Waals surface area contributed by atoms with Crippen LogP contribution in [0.3, 0.4) is 0 Å². The molecule has 0 bridgehead atoms. The fraction of sp³-hybridized carbons (Fsp3) is 0.583. The summed E-state index contributed by atoms with van der Waals surface area (Å²) in [5.74, 6) is 1.70. The van der Waals surface area contributed by atoms with Crippen LogP contribution in [-0.2, 0) is 24.4 Å². The maximum absolute atomic E-state index is 6.06. The van der Waals surface area contributed by atoms with Crippen molar-refractivity contribution in [3.8, 4) is 5.75 Å². The van der Waals surface area contributed by atoms with Gasteiger partial charge in [0.2, 0.25) is 0 Å². The Morgan fingerprint density at radius 3 is 2.53 bits per heavy atom. The van der Waals surface area contributed by atoms with Crippen molar-refractivity contribution < 1.29 is 9.47 Å². The van der Waals surface area contributed by atoms with Gasteiger partial charge < -0.3 is 20.1 Å². The fourth-order valence-electron chi connectivity index (χ4n) is 3.43. The number of halogens is 1. The van der Waals surface area contributed by atoms with Gasteiger partial charge >= 0.3 is 0 Å². The second-order valence-electron chi connectivity index (χ2n) is 7.81. The molecule has 8 heteroatoms. The monoisotopic (exact) mass is 557 g/mol. The van der Waals surface area contributed by atoms with Crippen LogP contribution in [0.15, 0.2) is 23.2 Å². The van der Waals surface area contributed by atoms with Crippen molar-refractivity contribution in [2.45, 2.75) is 66.6 Å². The molecule has 0 unspecified atom stereocenters. The summed E-state index contributed by atoms with van der Waals surface area (Å²) in [6.07, 6.45) is 3.46. The van der Waals surface area contributed by atoms with Crippen LogP contribution in [0.4, 0.5) is 0 Å². The van der Waals surface area contributed by atoms with Crippen LogP contribution in [0.1, 0.15) is 54.3 Å². The number of ether oxygens (including phenoxy) is 2. The Hall–Kier alpha value is -1.81. The van der Waals surface area contributed by atoms with Gasteiger partial charge in [-0.05, 0) is 38.8 Å². The molecule has 0 radical (unpaired) electrons. The molecule has 0 aliphatic heterocycles. The molecule has 0 aliphatic rings. The summed E-state index contributed by atoms with van der Waals surface area (Å²) in [6, 6.07) is 6.35. The van der Waals surface area contributed by atoms with Crippen LogP contribution in [0.2, 0.25) is 0 Å². The SMILES string of the molecule is CCCCCOc1cc(C)ccc1CNC(=NC)NCc1c(C)nn(CCOC)c1C.I. The minimum Gasteiger partial charge on any atom is -0.493 e. The lowest BCUT2D eigenvalue weighted by Crippen LogP contribution is -2.36. The Balaban J connectivity index is 0.00000512. The van der Waals surface area contributed by atoms with Crippen molar-refractivity contribution in [2.75, 3.05) is 27.4 Å². The fourth-order valence-corrected chi connectivity index (χ4v) is 3.43. The van der Waals surface area contributed by atoms with Crippen molar-refractivity contribution in [3.63, 3.8) is 0 Å². The molecule has 2 rings (SSSR count). The molecular weight excluding hydrogens is 517 g/mol.